The Bertz CT molecular complexity index is 677. The molecule has 2 aromatic carbocycles. The standard InChI is InChI=1S/C15H13F2NO2S/c1-19-14-5-2-9(15(18)21)6-10(14)8-20-11-3-4-12(16)13(17)7-11/h2-7H,8H2,1H3,(H2,18,21). The SMILES string of the molecule is COc1ccc(C(N)=S)cc1COc1ccc(F)c(F)c1. The van der Waals surface area contributed by atoms with E-state index in [4.69, 9.17) is 27.4 Å². The van der Waals surface area contributed by atoms with Crippen LogP contribution < -0.4 is 15.2 Å². The average Bonchev–Trinajstić information content (AvgIpc) is 2.48. The highest BCUT2D eigenvalue weighted by atomic mass is 32.1. The molecule has 0 amide bonds. The minimum Gasteiger partial charge on any atom is -0.496 e. The summed E-state index contributed by atoms with van der Waals surface area (Å²) < 4.78 is 36.6. The van der Waals surface area contributed by atoms with Crippen LogP contribution in [-0.4, -0.2) is 12.1 Å². The molecular weight excluding hydrogens is 296 g/mol. The number of methoxy groups -OCH3 is 1. The van der Waals surface area contributed by atoms with Gasteiger partial charge in [-0.15, -0.1) is 0 Å². The van der Waals surface area contributed by atoms with Gasteiger partial charge in [0.05, 0.1) is 7.11 Å². The van der Waals surface area contributed by atoms with Crippen LogP contribution in [0.25, 0.3) is 0 Å². The van der Waals surface area contributed by atoms with Crippen LogP contribution >= 0.6 is 12.2 Å². The maximum absolute atomic E-state index is 13.1. The molecule has 0 fully saturated rings. The molecule has 0 radical (unpaired) electrons. The van der Waals surface area contributed by atoms with Crippen molar-refractivity contribution in [1.82, 2.24) is 0 Å². The molecule has 0 bridgehead atoms. The van der Waals surface area contributed by atoms with E-state index >= 15 is 0 Å². The fourth-order valence-electron chi connectivity index (χ4n) is 1.77. The van der Waals surface area contributed by atoms with E-state index in [9.17, 15) is 8.78 Å². The maximum atomic E-state index is 13.1. The van der Waals surface area contributed by atoms with Gasteiger partial charge in [-0.2, -0.15) is 0 Å². The number of thiocarbonyl (C=S) groups is 1. The average molecular weight is 309 g/mol. The Labute approximate surface area is 126 Å². The summed E-state index contributed by atoms with van der Waals surface area (Å²) in [6.07, 6.45) is 0. The van der Waals surface area contributed by atoms with Crippen LogP contribution in [0.1, 0.15) is 11.1 Å². The van der Waals surface area contributed by atoms with E-state index in [0.717, 1.165) is 12.1 Å². The van der Waals surface area contributed by atoms with E-state index in [1.807, 2.05) is 0 Å². The summed E-state index contributed by atoms with van der Waals surface area (Å²) in [7, 11) is 1.52. The second kappa shape index (κ2) is 6.49. The van der Waals surface area contributed by atoms with Gasteiger partial charge in [0.2, 0.25) is 0 Å². The van der Waals surface area contributed by atoms with E-state index in [0.29, 0.717) is 16.9 Å². The van der Waals surface area contributed by atoms with Crippen molar-refractivity contribution >= 4 is 17.2 Å². The zero-order valence-electron chi connectivity index (χ0n) is 11.2. The van der Waals surface area contributed by atoms with Crippen molar-refractivity contribution in [2.75, 3.05) is 7.11 Å². The monoisotopic (exact) mass is 309 g/mol. The molecule has 0 aliphatic rings. The molecule has 0 heterocycles. The van der Waals surface area contributed by atoms with Crippen molar-refractivity contribution in [3.8, 4) is 11.5 Å². The lowest BCUT2D eigenvalue weighted by atomic mass is 10.1. The lowest BCUT2D eigenvalue weighted by Crippen LogP contribution is -2.10. The first-order chi connectivity index (χ1) is 10.0. The highest BCUT2D eigenvalue weighted by Crippen LogP contribution is 2.23. The van der Waals surface area contributed by atoms with Crippen LogP contribution in [0.2, 0.25) is 0 Å². The van der Waals surface area contributed by atoms with Gasteiger partial charge in [0.15, 0.2) is 11.6 Å². The predicted octanol–water partition coefficient (Wildman–Crippen LogP) is 3.19. The summed E-state index contributed by atoms with van der Waals surface area (Å²) >= 11 is 4.92. The highest BCUT2D eigenvalue weighted by Gasteiger charge is 2.08. The van der Waals surface area contributed by atoms with Crippen LogP contribution in [0, 0.1) is 11.6 Å². The van der Waals surface area contributed by atoms with Crippen molar-refractivity contribution in [2.45, 2.75) is 6.61 Å². The largest absolute Gasteiger partial charge is 0.496 e. The number of hydrogen-bond donors (Lipinski definition) is 1. The molecular formula is C15H13F2NO2S. The number of benzene rings is 2. The summed E-state index contributed by atoms with van der Waals surface area (Å²) in [5.74, 6) is -1.07. The summed E-state index contributed by atoms with van der Waals surface area (Å²) in [5.41, 5.74) is 6.95. The van der Waals surface area contributed by atoms with Gasteiger partial charge in [0.25, 0.3) is 0 Å². The molecule has 0 aliphatic heterocycles. The van der Waals surface area contributed by atoms with Gasteiger partial charge in [-0.1, -0.05) is 12.2 Å². The number of nitrogens with two attached hydrogens (primary N) is 1. The molecule has 0 aromatic heterocycles. The second-order valence-electron chi connectivity index (χ2n) is 4.26. The normalized spacial score (nSPS) is 10.2. The zero-order chi connectivity index (χ0) is 15.4. The molecule has 21 heavy (non-hydrogen) atoms. The van der Waals surface area contributed by atoms with Gasteiger partial charge in [0, 0.05) is 17.2 Å². The van der Waals surface area contributed by atoms with Crippen molar-refractivity contribution in [2.24, 2.45) is 5.73 Å². The fraction of sp³-hybridized carbons (Fsp3) is 0.133. The molecule has 110 valence electrons. The Morgan fingerprint density at radius 3 is 2.52 bits per heavy atom. The second-order valence-corrected chi connectivity index (χ2v) is 4.70. The number of rotatable bonds is 5. The van der Waals surface area contributed by atoms with Gasteiger partial charge in [-0.3, -0.25) is 0 Å². The first-order valence-corrected chi connectivity index (χ1v) is 6.46. The summed E-state index contributed by atoms with van der Waals surface area (Å²) in [6, 6.07) is 8.54. The van der Waals surface area contributed by atoms with Crippen molar-refractivity contribution in [3.05, 3.63) is 59.2 Å². The maximum Gasteiger partial charge on any atom is 0.162 e. The predicted molar refractivity (Wildman–Crippen MR) is 79.6 cm³/mol. The molecule has 3 nitrogen and oxygen atoms in total. The summed E-state index contributed by atoms with van der Waals surface area (Å²) in [6.45, 7) is 0.116. The summed E-state index contributed by atoms with van der Waals surface area (Å²) in [4.78, 5) is 0.256. The van der Waals surface area contributed by atoms with Gasteiger partial charge < -0.3 is 15.2 Å². The number of halogens is 2. The molecule has 2 N–H and O–H groups in total. The van der Waals surface area contributed by atoms with E-state index in [1.165, 1.54) is 13.2 Å². The molecule has 2 aromatic rings. The van der Waals surface area contributed by atoms with Crippen molar-refractivity contribution in [1.29, 1.82) is 0 Å². The smallest absolute Gasteiger partial charge is 0.162 e. The number of ether oxygens (including phenoxy) is 2. The molecule has 0 unspecified atom stereocenters. The molecule has 0 spiro atoms. The zero-order valence-corrected chi connectivity index (χ0v) is 12.0. The Morgan fingerprint density at radius 1 is 1.14 bits per heavy atom. The molecule has 0 saturated heterocycles. The Morgan fingerprint density at radius 2 is 1.90 bits per heavy atom. The van der Waals surface area contributed by atoms with Gasteiger partial charge >= 0.3 is 0 Å². The van der Waals surface area contributed by atoms with Crippen LogP contribution in [0.3, 0.4) is 0 Å². The van der Waals surface area contributed by atoms with Gasteiger partial charge in [-0.25, -0.2) is 8.78 Å². The highest BCUT2D eigenvalue weighted by molar-refractivity contribution is 7.80. The molecule has 0 saturated carbocycles. The third-order valence-corrected chi connectivity index (χ3v) is 3.09. The quantitative estimate of drug-likeness (QED) is 0.862. The molecule has 0 aliphatic carbocycles. The lowest BCUT2D eigenvalue weighted by Gasteiger charge is -2.12. The van der Waals surface area contributed by atoms with E-state index in [2.05, 4.69) is 0 Å². The molecule has 0 atom stereocenters. The minimum atomic E-state index is -0.962. The number of hydrogen-bond acceptors (Lipinski definition) is 3. The van der Waals surface area contributed by atoms with Crippen LogP contribution in [0.5, 0.6) is 11.5 Å². The van der Waals surface area contributed by atoms with Crippen LogP contribution in [0.4, 0.5) is 8.78 Å². The van der Waals surface area contributed by atoms with Crippen molar-refractivity contribution < 1.29 is 18.3 Å². The van der Waals surface area contributed by atoms with Crippen LogP contribution in [0.15, 0.2) is 36.4 Å². The molecule has 6 heteroatoms. The summed E-state index contributed by atoms with van der Waals surface area (Å²) in [5, 5.41) is 0. The Kier molecular flexibility index (Phi) is 4.70. The van der Waals surface area contributed by atoms with Gasteiger partial charge in [0.1, 0.15) is 23.1 Å². The Balaban J connectivity index is 2.19. The Hall–Kier alpha value is -2.21. The first kappa shape index (κ1) is 15.2. The third kappa shape index (κ3) is 3.66. The van der Waals surface area contributed by atoms with Crippen LogP contribution in [-0.2, 0) is 6.61 Å². The lowest BCUT2D eigenvalue weighted by molar-refractivity contribution is 0.294. The van der Waals surface area contributed by atoms with Gasteiger partial charge in [-0.05, 0) is 30.3 Å². The molecule has 2 rings (SSSR count). The third-order valence-electron chi connectivity index (χ3n) is 2.85. The topological polar surface area (TPSA) is 44.5 Å². The van der Waals surface area contributed by atoms with Crippen molar-refractivity contribution in [3.63, 3.8) is 0 Å². The fourth-order valence-corrected chi connectivity index (χ4v) is 1.90. The van der Waals surface area contributed by atoms with E-state index < -0.39 is 11.6 Å². The van der Waals surface area contributed by atoms with E-state index in [-0.39, 0.29) is 17.3 Å². The van der Waals surface area contributed by atoms with E-state index in [1.54, 1.807) is 18.2 Å². The minimum absolute atomic E-state index is 0.116. The first-order valence-electron chi connectivity index (χ1n) is 6.06.